The van der Waals surface area contributed by atoms with Crippen LogP contribution < -0.4 is 10.6 Å². The summed E-state index contributed by atoms with van der Waals surface area (Å²) in [6.07, 6.45) is 2.02. The molecular formula is C13H19N3O. The first-order chi connectivity index (χ1) is 8.11. The average Bonchev–Trinajstić information content (AvgIpc) is 2.78. The SMILES string of the molecule is CN(C)C1CCN(c2ccc(N)cc2C=O)C1. The van der Waals surface area contributed by atoms with E-state index in [9.17, 15) is 4.79 Å². The van der Waals surface area contributed by atoms with Gasteiger partial charge in [0, 0.05) is 36.1 Å². The number of hydrogen-bond donors (Lipinski definition) is 1. The quantitative estimate of drug-likeness (QED) is 0.630. The molecule has 0 bridgehead atoms. The van der Waals surface area contributed by atoms with Crippen LogP contribution in [0.1, 0.15) is 16.8 Å². The van der Waals surface area contributed by atoms with Gasteiger partial charge in [0.2, 0.25) is 0 Å². The molecule has 1 unspecified atom stereocenters. The standard InChI is InChI=1S/C13H19N3O/c1-15(2)12-5-6-16(8-12)13-4-3-11(14)7-10(13)9-17/h3-4,7,9,12H,5-6,8,14H2,1-2H3. The van der Waals surface area contributed by atoms with Crippen LogP contribution in [0.2, 0.25) is 0 Å². The van der Waals surface area contributed by atoms with E-state index in [4.69, 9.17) is 5.73 Å². The van der Waals surface area contributed by atoms with Crippen molar-refractivity contribution in [2.75, 3.05) is 37.8 Å². The van der Waals surface area contributed by atoms with Crippen LogP contribution in [0.3, 0.4) is 0 Å². The third kappa shape index (κ3) is 2.42. The van der Waals surface area contributed by atoms with Gasteiger partial charge >= 0.3 is 0 Å². The highest BCUT2D eigenvalue weighted by Gasteiger charge is 2.25. The van der Waals surface area contributed by atoms with E-state index >= 15 is 0 Å². The molecule has 1 saturated heterocycles. The predicted molar refractivity (Wildman–Crippen MR) is 70.5 cm³/mol. The summed E-state index contributed by atoms with van der Waals surface area (Å²) < 4.78 is 0. The van der Waals surface area contributed by atoms with Crippen LogP contribution in [0.15, 0.2) is 18.2 Å². The Labute approximate surface area is 102 Å². The smallest absolute Gasteiger partial charge is 0.152 e. The van der Waals surface area contributed by atoms with E-state index in [1.807, 2.05) is 12.1 Å². The van der Waals surface area contributed by atoms with E-state index in [0.717, 1.165) is 31.5 Å². The van der Waals surface area contributed by atoms with E-state index in [2.05, 4.69) is 23.9 Å². The molecule has 0 aromatic heterocycles. The lowest BCUT2D eigenvalue weighted by atomic mass is 10.1. The Bertz CT molecular complexity index is 417. The van der Waals surface area contributed by atoms with Crippen molar-refractivity contribution in [3.63, 3.8) is 0 Å². The first kappa shape index (κ1) is 11.9. The highest BCUT2D eigenvalue weighted by Crippen LogP contribution is 2.26. The van der Waals surface area contributed by atoms with E-state index in [1.165, 1.54) is 0 Å². The Kier molecular flexibility index (Phi) is 3.33. The van der Waals surface area contributed by atoms with Gasteiger partial charge in [-0.2, -0.15) is 0 Å². The largest absolute Gasteiger partial charge is 0.399 e. The van der Waals surface area contributed by atoms with Crippen molar-refractivity contribution in [3.05, 3.63) is 23.8 Å². The molecule has 0 amide bonds. The number of nitrogens with two attached hydrogens (primary N) is 1. The van der Waals surface area contributed by atoms with Crippen molar-refractivity contribution in [3.8, 4) is 0 Å². The third-order valence-corrected chi connectivity index (χ3v) is 3.41. The molecule has 1 fully saturated rings. The molecule has 0 saturated carbocycles. The van der Waals surface area contributed by atoms with Crippen molar-refractivity contribution in [1.82, 2.24) is 4.90 Å². The minimum atomic E-state index is 0.562. The number of nitrogen functional groups attached to an aromatic ring is 1. The molecule has 1 heterocycles. The van der Waals surface area contributed by atoms with Gasteiger partial charge in [0.05, 0.1) is 0 Å². The van der Waals surface area contributed by atoms with E-state index in [1.54, 1.807) is 6.07 Å². The minimum absolute atomic E-state index is 0.562. The number of carbonyl (C=O) groups excluding carboxylic acids is 1. The maximum Gasteiger partial charge on any atom is 0.152 e. The van der Waals surface area contributed by atoms with Gasteiger partial charge in [-0.3, -0.25) is 4.79 Å². The van der Waals surface area contributed by atoms with Crippen molar-refractivity contribution in [2.45, 2.75) is 12.5 Å². The maximum atomic E-state index is 11.1. The Morgan fingerprint density at radius 3 is 2.82 bits per heavy atom. The zero-order chi connectivity index (χ0) is 12.4. The van der Waals surface area contributed by atoms with Crippen LogP contribution in [0, 0.1) is 0 Å². The van der Waals surface area contributed by atoms with Gasteiger partial charge in [-0.05, 0) is 38.7 Å². The van der Waals surface area contributed by atoms with Crippen LogP contribution in [-0.2, 0) is 0 Å². The Balaban J connectivity index is 2.21. The maximum absolute atomic E-state index is 11.1. The van der Waals surface area contributed by atoms with Gasteiger partial charge in [0.15, 0.2) is 6.29 Å². The molecule has 17 heavy (non-hydrogen) atoms. The highest BCUT2D eigenvalue weighted by atomic mass is 16.1. The first-order valence-corrected chi connectivity index (χ1v) is 5.88. The fourth-order valence-electron chi connectivity index (χ4n) is 2.34. The number of anilines is 2. The molecule has 1 atom stereocenters. The average molecular weight is 233 g/mol. The second kappa shape index (κ2) is 4.75. The Morgan fingerprint density at radius 1 is 1.47 bits per heavy atom. The lowest BCUT2D eigenvalue weighted by molar-refractivity contribution is 0.112. The Morgan fingerprint density at radius 2 is 2.24 bits per heavy atom. The van der Waals surface area contributed by atoms with E-state index in [-0.39, 0.29) is 0 Å². The zero-order valence-electron chi connectivity index (χ0n) is 10.4. The Hall–Kier alpha value is -1.55. The molecular weight excluding hydrogens is 214 g/mol. The van der Waals surface area contributed by atoms with Crippen molar-refractivity contribution in [2.24, 2.45) is 0 Å². The van der Waals surface area contributed by atoms with Gasteiger partial charge in [0.25, 0.3) is 0 Å². The normalized spacial score (nSPS) is 19.9. The van der Waals surface area contributed by atoms with Crippen molar-refractivity contribution >= 4 is 17.7 Å². The number of hydrogen-bond acceptors (Lipinski definition) is 4. The summed E-state index contributed by atoms with van der Waals surface area (Å²) >= 11 is 0. The lowest BCUT2D eigenvalue weighted by Gasteiger charge is -2.23. The summed E-state index contributed by atoms with van der Waals surface area (Å²) in [4.78, 5) is 15.6. The molecule has 2 rings (SSSR count). The fraction of sp³-hybridized carbons (Fsp3) is 0.462. The molecule has 1 aliphatic heterocycles. The van der Waals surface area contributed by atoms with Crippen molar-refractivity contribution < 1.29 is 4.79 Å². The second-order valence-corrected chi connectivity index (χ2v) is 4.79. The highest BCUT2D eigenvalue weighted by molar-refractivity contribution is 5.86. The number of likely N-dealkylation sites (N-methyl/N-ethyl adjacent to an activating group) is 1. The lowest BCUT2D eigenvalue weighted by Crippen LogP contribution is -2.31. The number of nitrogens with zero attached hydrogens (tertiary/aromatic N) is 2. The van der Waals surface area contributed by atoms with Gasteiger partial charge in [-0.1, -0.05) is 0 Å². The summed E-state index contributed by atoms with van der Waals surface area (Å²) in [6.45, 7) is 1.96. The van der Waals surface area contributed by atoms with Gasteiger partial charge in [-0.25, -0.2) is 0 Å². The predicted octanol–water partition coefficient (Wildman–Crippen LogP) is 1.22. The summed E-state index contributed by atoms with van der Waals surface area (Å²) in [5.74, 6) is 0. The first-order valence-electron chi connectivity index (χ1n) is 5.88. The van der Waals surface area contributed by atoms with Gasteiger partial charge in [0.1, 0.15) is 0 Å². The fourth-order valence-corrected chi connectivity index (χ4v) is 2.34. The topological polar surface area (TPSA) is 49.6 Å². The molecule has 92 valence electrons. The molecule has 4 nitrogen and oxygen atoms in total. The zero-order valence-corrected chi connectivity index (χ0v) is 10.4. The number of rotatable bonds is 3. The summed E-state index contributed by atoms with van der Waals surface area (Å²) in [6, 6.07) is 6.10. The van der Waals surface area contributed by atoms with E-state index in [0.29, 0.717) is 17.3 Å². The van der Waals surface area contributed by atoms with Crippen LogP contribution in [-0.4, -0.2) is 44.4 Å². The molecule has 4 heteroatoms. The van der Waals surface area contributed by atoms with Crippen LogP contribution in [0.5, 0.6) is 0 Å². The number of aldehydes is 1. The molecule has 1 aromatic rings. The van der Waals surface area contributed by atoms with Crippen LogP contribution in [0.25, 0.3) is 0 Å². The van der Waals surface area contributed by atoms with E-state index < -0.39 is 0 Å². The summed E-state index contributed by atoms with van der Waals surface area (Å²) in [7, 11) is 4.19. The van der Waals surface area contributed by atoms with Crippen molar-refractivity contribution in [1.29, 1.82) is 0 Å². The number of benzene rings is 1. The molecule has 0 radical (unpaired) electrons. The van der Waals surface area contributed by atoms with Gasteiger partial charge < -0.3 is 15.5 Å². The van der Waals surface area contributed by atoms with Gasteiger partial charge in [-0.15, -0.1) is 0 Å². The third-order valence-electron chi connectivity index (χ3n) is 3.41. The second-order valence-electron chi connectivity index (χ2n) is 4.79. The van der Waals surface area contributed by atoms with Crippen LogP contribution >= 0.6 is 0 Å². The molecule has 2 N–H and O–H groups in total. The summed E-state index contributed by atoms with van der Waals surface area (Å²) in [5.41, 5.74) is 8.01. The molecule has 0 spiro atoms. The minimum Gasteiger partial charge on any atom is -0.399 e. The summed E-state index contributed by atoms with van der Waals surface area (Å²) in [5, 5.41) is 0. The molecule has 1 aromatic carbocycles. The number of carbonyl (C=O) groups is 1. The monoisotopic (exact) mass is 233 g/mol. The molecule has 0 aliphatic carbocycles. The van der Waals surface area contributed by atoms with Crippen LogP contribution in [0.4, 0.5) is 11.4 Å². The molecule has 1 aliphatic rings.